The lowest BCUT2D eigenvalue weighted by molar-refractivity contribution is -0.274. The van der Waals surface area contributed by atoms with Gasteiger partial charge in [-0.1, -0.05) is 0 Å². The number of carboxylic acids is 1. The van der Waals surface area contributed by atoms with Crippen LogP contribution < -0.4 is 15.4 Å². The number of nitrogens with one attached hydrogen (secondary N) is 2. The van der Waals surface area contributed by atoms with Crippen molar-refractivity contribution < 1.29 is 46.9 Å². The molecule has 0 saturated carbocycles. The molecule has 1 aromatic carbocycles. The second kappa shape index (κ2) is 13.9. The van der Waals surface area contributed by atoms with Crippen LogP contribution in [0.5, 0.6) is 5.75 Å². The van der Waals surface area contributed by atoms with E-state index in [4.69, 9.17) is 9.84 Å². The number of alkyl halides is 3. The van der Waals surface area contributed by atoms with Crippen molar-refractivity contribution >= 4 is 47.0 Å². The molecule has 0 radical (unpaired) electrons. The van der Waals surface area contributed by atoms with E-state index in [1.54, 1.807) is 24.3 Å². The number of pyridine rings is 2. The summed E-state index contributed by atoms with van der Waals surface area (Å²) in [6, 6.07) is 11.1. The van der Waals surface area contributed by atoms with Gasteiger partial charge in [-0.05, 0) is 54.1 Å². The van der Waals surface area contributed by atoms with Crippen molar-refractivity contribution in [3.05, 3.63) is 72.1 Å². The first-order valence-corrected chi connectivity index (χ1v) is 12.3. The lowest BCUT2D eigenvalue weighted by Crippen LogP contribution is -2.21. The first-order chi connectivity index (χ1) is 19.0. The van der Waals surface area contributed by atoms with Gasteiger partial charge in [0.2, 0.25) is 0 Å². The molecule has 3 aromatic rings. The van der Waals surface area contributed by atoms with E-state index in [9.17, 15) is 32.3 Å². The number of carboxylic acid groups (broad SMARTS) is 1. The van der Waals surface area contributed by atoms with Crippen molar-refractivity contribution in [1.82, 2.24) is 9.97 Å². The molecule has 2 amide bonds. The Morgan fingerprint density at radius 3 is 2.40 bits per heavy atom. The highest BCUT2D eigenvalue weighted by atomic mass is 32.2. The van der Waals surface area contributed by atoms with E-state index in [0.717, 1.165) is 12.1 Å². The average Bonchev–Trinajstić information content (AvgIpc) is 2.90. The van der Waals surface area contributed by atoms with Gasteiger partial charge in [-0.15, -0.1) is 24.9 Å². The number of thioether (sulfide) groups is 1. The maximum absolute atomic E-state index is 12.8. The van der Waals surface area contributed by atoms with Crippen LogP contribution in [0.4, 0.5) is 24.7 Å². The number of ether oxygens (including phenoxy) is 2. The summed E-state index contributed by atoms with van der Waals surface area (Å²) < 4.78 is 45.6. The number of anilines is 2. The normalized spacial score (nSPS) is 10.9. The Labute approximate surface area is 229 Å². The van der Waals surface area contributed by atoms with E-state index >= 15 is 0 Å². The zero-order valence-electron chi connectivity index (χ0n) is 20.4. The van der Waals surface area contributed by atoms with Crippen LogP contribution in [0.3, 0.4) is 0 Å². The fraction of sp³-hybridized carbons (Fsp3) is 0.200. The van der Waals surface area contributed by atoms with Crippen molar-refractivity contribution in [2.75, 3.05) is 17.2 Å². The lowest BCUT2D eigenvalue weighted by atomic mass is 10.2. The number of hydrogen-bond acceptors (Lipinski definition) is 9. The molecule has 15 heteroatoms. The summed E-state index contributed by atoms with van der Waals surface area (Å²) in [4.78, 5) is 55.1. The zero-order chi connectivity index (χ0) is 29.1. The fourth-order valence-corrected chi connectivity index (χ4v) is 3.94. The summed E-state index contributed by atoms with van der Waals surface area (Å²) in [5, 5.41) is 14.0. The summed E-state index contributed by atoms with van der Waals surface area (Å²) in [5.41, 5.74) is 1.20. The number of esters is 1. The standard InChI is InChI=1S/C25H21F3N4O7S/c26-25(27,28)39-17-5-3-16(4-6-17)31-23(37)18-2-1-10-30-24(18)40-14-15-9-11-29-19(12-15)32-20(33)13-38-22(36)8-7-21(34)35/h1-6,9-12H,7-8,13-14H2,(H,31,37)(H,34,35)(H,29,32,33). The highest BCUT2D eigenvalue weighted by Crippen LogP contribution is 2.27. The number of rotatable bonds is 12. The number of aliphatic carboxylic acids is 1. The molecule has 0 aliphatic carbocycles. The minimum absolute atomic E-state index is 0.182. The van der Waals surface area contributed by atoms with Gasteiger partial charge in [-0.2, -0.15) is 0 Å². The Balaban J connectivity index is 1.56. The number of carbonyl (C=O) groups excluding carboxylic acids is 3. The van der Waals surface area contributed by atoms with Gasteiger partial charge in [0.15, 0.2) is 6.61 Å². The smallest absolute Gasteiger partial charge is 0.481 e. The third-order valence-corrected chi connectivity index (χ3v) is 5.81. The summed E-state index contributed by atoms with van der Waals surface area (Å²) in [6.45, 7) is -0.608. The number of hydrogen-bond donors (Lipinski definition) is 3. The van der Waals surface area contributed by atoms with Crippen LogP contribution in [0.25, 0.3) is 0 Å². The van der Waals surface area contributed by atoms with Crippen molar-refractivity contribution in [3.63, 3.8) is 0 Å². The van der Waals surface area contributed by atoms with Gasteiger partial charge in [0.25, 0.3) is 11.8 Å². The summed E-state index contributed by atoms with van der Waals surface area (Å²) in [6.07, 6.45) is -2.65. The molecule has 3 rings (SSSR count). The number of halogens is 3. The molecule has 11 nitrogen and oxygen atoms in total. The number of benzene rings is 1. The molecular weight excluding hydrogens is 557 g/mol. The molecule has 3 N–H and O–H groups in total. The Kier molecular flexibility index (Phi) is 10.4. The molecule has 2 aromatic heterocycles. The van der Waals surface area contributed by atoms with E-state index in [0.29, 0.717) is 16.3 Å². The summed E-state index contributed by atoms with van der Waals surface area (Å²) in [7, 11) is 0. The summed E-state index contributed by atoms with van der Waals surface area (Å²) in [5.74, 6) is -3.08. The number of aromatic nitrogens is 2. The Morgan fingerprint density at radius 1 is 0.950 bits per heavy atom. The molecule has 0 unspecified atom stereocenters. The van der Waals surface area contributed by atoms with Crippen LogP contribution in [-0.4, -0.2) is 51.8 Å². The van der Waals surface area contributed by atoms with Crippen LogP contribution in [0.1, 0.15) is 28.8 Å². The molecule has 0 saturated heterocycles. The molecule has 0 aliphatic heterocycles. The maximum Gasteiger partial charge on any atom is 0.573 e. The average molecular weight is 579 g/mol. The molecular formula is C25H21F3N4O7S. The first-order valence-electron chi connectivity index (χ1n) is 11.4. The Hall–Kier alpha value is -4.66. The molecule has 210 valence electrons. The summed E-state index contributed by atoms with van der Waals surface area (Å²) >= 11 is 1.22. The lowest BCUT2D eigenvalue weighted by Gasteiger charge is -2.11. The van der Waals surface area contributed by atoms with Crippen molar-refractivity contribution in [2.45, 2.75) is 30.0 Å². The quantitative estimate of drug-likeness (QED) is 0.209. The van der Waals surface area contributed by atoms with Gasteiger partial charge in [0.05, 0.1) is 18.4 Å². The van der Waals surface area contributed by atoms with E-state index in [-0.39, 0.29) is 23.5 Å². The van der Waals surface area contributed by atoms with Crippen LogP contribution in [0, 0.1) is 0 Å². The molecule has 0 aliphatic rings. The molecule has 2 heterocycles. The third-order valence-electron chi connectivity index (χ3n) is 4.74. The Morgan fingerprint density at radius 2 is 1.70 bits per heavy atom. The second-order valence-corrected chi connectivity index (χ2v) is 8.79. The van der Waals surface area contributed by atoms with Crippen LogP contribution >= 0.6 is 11.8 Å². The zero-order valence-corrected chi connectivity index (χ0v) is 21.3. The van der Waals surface area contributed by atoms with Crippen LogP contribution in [0.15, 0.2) is 66.0 Å². The monoisotopic (exact) mass is 578 g/mol. The van der Waals surface area contributed by atoms with Gasteiger partial charge in [-0.3, -0.25) is 19.2 Å². The molecule has 40 heavy (non-hydrogen) atoms. The topological polar surface area (TPSA) is 157 Å². The van der Waals surface area contributed by atoms with Crippen molar-refractivity contribution in [2.24, 2.45) is 0 Å². The van der Waals surface area contributed by atoms with E-state index in [2.05, 4.69) is 25.3 Å². The fourth-order valence-electron chi connectivity index (χ4n) is 3.01. The van der Waals surface area contributed by atoms with Gasteiger partial charge in [-0.25, -0.2) is 9.97 Å². The molecule has 0 spiro atoms. The Bertz CT molecular complexity index is 1370. The maximum atomic E-state index is 12.8. The second-order valence-electron chi connectivity index (χ2n) is 7.82. The molecule has 0 fully saturated rings. The number of nitrogens with zero attached hydrogens (tertiary/aromatic N) is 2. The minimum atomic E-state index is -4.83. The SMILES string of the molecule is O=C(O)CCC(=O)OCC(=O)Nc1cc(CSc2ncccc2C(=O)Nc2ccc(OC(F)(F)F)cc2)ccn1. The van der Waals surface area contributed by atoms with E-state index in [1.165, 1.54) is 36.3 Å². The highest BCUT2D eigenvalue weighted by Gasteiger charge is 2.31. The van der Waals surface area contributed by atoms with Crippen molar-refractivity contribution in [1.29, 1.82) is 0 Å². The largest absolute Gasteiger partial charge is 0.573 e. The van der Waals surface area contributed by atoms with E-state index < -0.39 is 48.9 Å². The van der Waals surface area contributed by atoms with Crippen LogP contribution in [0.2, 0.25) is 0 Å². The molecule has 0 bridgehead atoms. The van der Waals surface area contributed by atoms with Gasteiger partial charge in [0, 0.05) is 23.8 Å². The highest BCUT2D eigenvalue weighted by molar-refractivity contribution is 7.98. The third kappa shape index (κ3) is 10.2. The van der Waals surface area contributed by atoms with Gasteiger partial charge < -0.3 is 25.2 Å². The van der Waals surface area contributed by atoms with E-state index in [1.807, 2.05) is 0 Å². The molecule has 0 atom stereocenters. The first kappa shape index (κ1) is 29.9. The number of amides is 2. The van der Waals surface area contributed by atoms with Gasteiger partial charge in [0.1, 0.15) is 16.6 Å². The number of carbonyl (C=O) groups is 4. The van der Waals surface area contributed by atoms with Crippen LogP contribution in [-0.2, 0) is 24.9 Å². The minimum Gasteiger partial charge on any atom is -0.481 e. The van der Waals surface area contributed by atoms with Gasteiger partial charge >= 0.3 is 18.3 Å². The van der Waals surface area contributed by atoms with Crippen molar-refractivity contribution in [3.8, 4) is 5.75 Å². The predicted molar refractivity (Wildman–Crippen MR) is 136 cm³/mol. The predicted octanol–water partition coefficient (Wildman–Crippen LogP) is 4.27.